The van der Waals surface area contributed by atoms with Crippen molar-refractivity contribution in [1.29, 1.82) is 0 Å². The highest BCUT2D eigenvalue weighted by molar-refractivity contribution is 7.92. The Labute approximate surface area is 151 Å². The average molecular weight is 372 g/mol. The van der Waals surface area contributed by atoms with Crippen molar-refractivity contribution >= 4 is 27.3 Å². The molecule has 0 aliphatic heterocycles. The molecule has 1 aromatic heterocycles. The van der Waals surface area contributed by atoms with Gasteiger partial charge in [0, 0.05) is 5.69 Å². The molecule has 0 aliphatic carbocycles. The first-order valence-electron chi connectivity index (χ1n) is 7.80. The minimum atomic E-state index is -3.76. The number of anilines is 3. The van der Waals surface area contributed by atoms with Gasteiger partial charge in [-0.3, -0.25) is 4.72 Å². The van der Waals surface area contributed by atoms with Crippen LogP contribution in [0, 0.1) is 19.7 Å². The Balaban J connectivity index is 1.76. The van der Waals surface area contributed by atoms with Crippen molar-refractivity contribution < 1.29 is 12.8 Å². The lowest BCUT2D eigenvalue weighted by Gasteiger charge is -2.10. The van der Waals surface area contributed by atoms with Gasteiger partial charge in [-0.2, -0.15) is 0 Å². The SMILES string of the molecule is Cc1ccc(S(=O)(=O)Nc2ccc(Nc3cccc(F)c3)nn2)c(C)c1. The van der Waals surface area contributed by atoms with Crippen molar-refractivity contribution in [2.45, 2.75) is 18.7 Å². The van der Waals surface area contributed by atoms with Crippen molar-refractivity contribution in [2.24, 2.45) is 0 Å². The first-order chi connectivity index (χ1) is 12.3. The lowest BCUT2D eigenvalue weighted by Crippen LogP contribution is -2.15. The van der Waals surface area contributed by atoms with Crippen LogP contribution in [0.2, 0.25) is 0 Å². The van der Waals surface area contributed by atoms with Gasteiger partial charge in [-0.15, -0.1) is 10.2 Å². The molecule has 0 spiro atoms. The van der Waals surface area contributed by atoms with E-state index in [4.69, 9.17) is 0 Å². The zero-order valence-electron chi connectivity index (χ0n) is 14.2. The topological polar surface area (TPSA) is 84.0 Å². The molecule has 8 heteroatoms. The summed E-state index contributed by atoms with van der Waals surface area (Å²) in [5, 5.41) is 10.7. The molecule has 26 heavy (non-hydrogen) atoms. The first-order valence-corrected chi connectivity index (χ1v) is 9.28. The maximum absolute atomic E-state index is 13.2. The standard InChI is InChI=1S/C18H17FN4O2S/c1-12-6-7-16(13(2)10-12)26(24,25)23-18-9-8-17(21-22-18)20-15-5-3-4-14(19)11-15/h3-11H,1-2H3,(H,20,21)(H,22,23). The molecular formula is C18H17FN4O2S. The number of sulfonamides is 1. The lowest BCUT2D eigenvalue weighted by molar-refractivity contribution is 0.600. The zero-order chi connectivity index (χ0) is 18.7. The van der Waals surface area contributed by atoms with E-state index in [1.54, 1.807) is 43.3 Å². The highest BCUT2D eigenvalue weighted by Gasteiger charge is 2.17. The predicted molar refractivity (Wildman–Crippen MR) is 98.4 cm³/mol. The highest BCUT2D eigenvalue weighted by atomic mass is 32.2. The Kier molecular flexibility index (Phi) is 4.85. The minimum absolute atomic E-state index is 0.0924. The molecule has 0 atom stereocenters. The predicted octanol–water partition coefficient (Wildman–Crippen LogP) is 3.78. The number of nitrogens with one attached hydrogen (secondary N) is 2. The molecule has 0 saturated carbocycles. The second-order valence-corrected chi connectivity index (χ2v) is 7.46. The van der Waals surface area contributed by atoms with Gasteiger partial charge in [0.2, 0.25) is 0 Å². The lowest BCUT2D eigenvalue weighted by atomic mass is 10.2. The van der Waals surface area contributed by atoms with Crippen LogP contribution in [0.4, 0.5) is 21.7 Å². The van der Waals surface area contributed by atoms with E-state index in [1.807, 2.05) is 6.92 Å². The molecule has 0 radical (unpaired) electrons. The summed E-state index contributed by atoms with van der Waals surface area (Å²) in [4.78, 5) is 0.187. The van der Waals surface area contributed by atoms with E-state index in [1.165, 1.54) is 18.2 Å². The van der Waals surface area contributed by atoms with Gasteiger partial charge in [0.15, 0.2) is 11.6 Å². The van der Waals surface area contributed by atoms with Crippen LogP contribution < -0.4 is 10.0 Å². The van der Waals surface area contributed by atoms with E-state index in [9.17, 15) is 12.8 Å². The summed E-state index contributed by atoms with van der Waals surface area (Å²) < 4.78 is 40.6. The molecule has 2 aromatic carbocycles. The van der Waals surface area contributed by atoms with Crippen LogP contribution in [0.1, 0.15) is 11.1 Å². The Hall–Kier alpha value is -3.00. The van der Waals surface area contributed by atoms with Crippen molar-refractivity contribution in [3.05, 3.63) is 71.5 Å². The number of hydrogen-bond acceptors (Lipinski definition) is 5. The van der Waals surface area contributed by atoms with Crippen LogP contribution >= 0.6 is 0 Å². The third kappa shape index (κ3) is 4.15. The largest absolute Gasteiger partial charge is 0.339 e. The number of hydrogen-bond donors (Lipinski definition) is 2. The van der Waals surface area contributed by atoms with Gasteiger partial charge in [-0.1, -0.05) is 23.8 Å². The number of aryl methyl sites for hydroxylation is 2. The molecule has 3 rings (SSSR count). The maximum atomic E-state index is 13.2. The summed E-state index contributed by atoms with van der Waals surface area (Å²) in [7, 11) is -3.76. The van der Waals surface area contributed by atoms with Crippen LogP contribution in [0.5, 0.6) is 0 Å². The van der Waals surface area contributed by atoms with Crippen LogP contribution in [0.25, 0.3) is 0 Å². The monoisotopic (exact) mass is 372 g/mol. The molecule has 0 amide bonds. The van der Waals surface area contributed by atoms with Gasteiger partial charge in [-0.25, -0.2) is 12.8 Å². The fourth-order valence-electron chi connectivity index (χ4n) is 2.46. The molecule has 0 bridgehead atoms. The third-order valence-corrected chi connectivity index (χ3v) is 5.14. The average Bonchev–Trinajstić information content (AvgIpc) is 2.56. The van der Waals surface area contributed by atoms with Crippen LogP contribution in [-0.2, 0) is 10.0 Å². The van der Waals surface area contributed by atoms with E-state index in [0.29, 0.717) is 17.1 Å². The molecule has 0 aliphatic rings. The molecule has 0 unspecified atom stereocenters. The smallest absolute Gasteiger partial charge is 0.263 e. The molecule has 2 N–H and O–H groups in total. The molecule has 1 heterocycles. The van der Waals surface area contributed by atoms with Crippen molar-refractivity contribution in [2.75, 3.05) is 10.0 Å². The van der Waals surface area contributed by atoms with Crippen molar-refractivity contribution in [3.8, 4) is 0 Å². The number of benzene rings is 2. The van der Waals surface area contributed by atoms with Gasteiger partial charge in [0.25, 0.3) is 10.0 Å². The van der Waals surface area contributed by atoms with E-state index in [-0.39, 0.29) is 16.5 Å². The van der Waals surface area contributed by atoms with Gasteiger partial charge in [0.1, 0.15) is 5.82 Å². The summed E-state index contributed by atoms with van der Waals surface area (Å²) in [5.74, 6) is 0.0839. The minimum Gasteiger partial charge on any atom is -0.339 e. The Bertz CT molecular complexity index is 1040. The van der Waals surface area contributed by atoms with E-state index in [0.717, 1.165) is 5.56 Å². The van der Waals surface area contributed by atoms with Crippen molar-refractivity contribution in [1.82, 2.24) is 10.2 Å². The van der Waals surface area contributed by atoms with Crippen LogP contribution in [0.15, 0.2) is 59.5 Å². The van der Waals surface area contributed by atoms with Gasteiger partial charge in [-0.05, 0) is 55.8 Å². The Morgan fingerprint density at radius 2 is 1.65 bits per heavy atom. The van der Waals surface area contributed by atoms with Crippen molar-refractivity contribution in [3.63, 3.8) is 0 Å². The molecule has 134 valence electrons. The Morgan fingerprint density at radius 3 is 2.31 bits per heavy atom. The van der Waals surface area contributed by atoms with E-state index >= 15 is 0 Å². The van der Waals surface area contributed by atoms with Gasteiger partial charge < -0.3 is 5.32 Å². The molecule has 6 nitrogen and oxygen atoms in total. The van der Waals surface area contributed by atoms with E-state index < -0.39 is 10.0 Å². The molecule has 0 fully saturated rings. The molecule has 3 aromatic rings. The third-order valence-electron chi connectivity index (χ3n) is 3.62. The maximum Gasteiger partial charge on any atom is 0.263 e. The van der Waals surface area contributed by atoms with Gasteiger partial charge in [0.05, 0.1) is 4.90 Å². The molecular weight excluding hydrogens is 355 g/mol. The Morgan fingerprint density at radius 1 is 0.923 bits per heavy atom. The summed E-state index contributed by atoms with van der Waals surface area (Å²) in [6, 6.07) is 14.0. The normalized spacial score (nSPS) is 11.2. The first kappa shape index (κ1) is 17.8. The quantitative estimate of drug-likeness (QED) is 0.712. The van der Waals surface area contributed by atoms with Gasteiger partial charge >= 0.3 is 0 Å². The second-order valence-electron chi connectivity index (χ2n) is 5.81. The number of rotatable bonds is 5. The number of aromatic nitrogens is 2. The molecule has 0 saturated heterocycles. The fourth-order valence-corrected chi connectivity index (χ4v) is 3.69. The summed E-state index contributed by atoms with van der Waals surface area (Å²) >= 11 is 0. The summed E-state index contributed by atoms with van der Waals surface area (Å²) in [6.45, 7) is 3.63. The second kappa shape index (κ2) is 7.09. The zero-order valence-corrected chi connectivity index (χ0v) is 15.0. The van der Waals surface area contributed by atoms with Crippen LogP contribution in [-0.4, -0.2) is 18.6 Å². The summed E-state index contributed by atoms with van der Waals surface area (Å²) in [5.41, 5.74) is 2.15. The highest BCUT2D eigenvalue weighted by Crippen LogP contribution is 2.20. The number of halogens is 1. The summed E-state index contributed by atoms with van der Waals surface area (Å²) in [6.07, 6.45) is 0. The van der Waals surface area contributed by atoms with Crippen LogP contribution in [0.3, 0.4) is 0 Å². The fraction of sp³-hybridized carbons (Fsp3) is 0.111. The van der Waals surface area contributed by atoms with E-state index in [2.05, 4.69) is 20.2 Å². The number of nitrogens with zero attached hydrogens (tertiary/aromatic N) is 2.